The van der Waals surface area contributed by atoms with Crippen LogP contribution in [-0.4, -0.2) is 46.5 Å². The topological polar surface area (TPSA) is 93.4 Å². The number of ether oxygens (including phenoxy) is 1. The second kappa shape index (κ2) is 7.10. The van der Waals surface area contributed by atoms with E-state index in [-0.39, 0.29) is 18.6 Å². The Labute approximate surface area is 124 Å². The average Bonchev–Trinajstić information content (AvgIpc) is 2.48. The number of likely N-dealkylation sites (tertiary alicyclic amines) is 1. The molecule has 0 aromatic carbocycles. The van der Waals surface area contributed by atoms with Crippen molar-refractivity contribution in [3.05, 3.63) is 6.33 Å². The number of hydrogen-bond acceptors (Lipinski definition) is 6. The van der Waals surface area contributed by atoms with Crippen LogP contribution in [0.4, 0.5) is 11.5 Å². The van der Waals surface area contributed by atoms with E-state index in [1.807, 2.05) is 18.7 Å². The second-order valence-electron chi connectivity index (χ2n) is 5.40. The fraction of sp³-hybridized carbons (Fsp3) is 0.643. The average molecular weight is 293 g/mol. The highest BCUT2D eigenvalue weighted by Crippen LogP contribution is 2.25. The molecule has 0 spiro atoms. The van der Waals surface area contributed by atoms with Crippen molar-refractivity contribution in [3.8, 4) is 5.88 Å². The van der Waals surface area contributed by atoms with E-state index in [1.54, 1.807) is 0 Å². The Balaban J connectivity index is 1.94. The van der Waals surface area contributed by atoms with Gasteiger partial charge in [-0.25, -0.2) is 4.98 Å². The van der Waals surface area contributed by atoms with Gasteiger partial charge >= 0.3 is 0 Å². The zero-order chi connectivity index (χ0) is 15.2. The lowest BCUT2D eigenvalue weighted by Gasteiger charge is -2.26. The first-order chi connectivity index (χ1) is 10.1. The van der Waals surface area contributed by atoms with E-state index in [4.69, 9.17) is 10.5 Å². The van der Waals surface area contributed by atoms with Crippen molar-refractivity contribution in [2.75, 3.05) is 30.7 Å². The van der Waals surface area contributed by atoms with Crippen LogP contribution < -0.4 is 15.8 Å². The quantitative estimate of drug-likeness (QED) is 0.849. The molecule has 116 valence electrons. The predicted molar refractivity (Wildman–Crippen MR) is 81.1 cm³/mol. The number of amides is 1. The Morgan fingerprint density at radius 3 is 2.76 bits per heavy atom. The fourth-order valence-corrected chi connectivity index (χ4v) is 2.25. The Hall–Kier alpha value is -2.05. The molecule has 2 heterocycles. The van der Waals surface area contributed by atoms with Gasteiger partial charge in [-0.05, 0) is 33.1 Å². The Bertz CT molecular complexity index is 486. The minimum absolute atomic E-state index is 0.0231. The van der Waals surface area contributed by atoms with E-state index in [2.05, 4.69) is 15.3 Å². The third-order valence-corrected chi connectivity index (χ3v) is 3.31. The van der Waals surface area contributed by atoms with Gasteiger partial charge in [0.15, 0.2) is 5.82 Å². The van der Waals surface area contributed by atoms with Crippen LogP contribution in [0.3, 0.4) is 0 Å². The van der Waals surface area contributed by atoms with Crippen molar-refractivity contribution in [2.45, 2.75) is 39.2 Å². The Kier molecular flexibility index (Phi) is 5.19. The fourth-order valence-electron chi connectivity index (χ4n) is 2.25. The highest BCUT2D eigenvalue weighted by atomic mass is 16.5. The summed E-state index contributed by atoms with van der Waals surface area (Å²) in [6, 6.07) is 0. The minimum Gasteiger partial charge on any atom is -0.473 e. The number of nitrogen functional groups attached to an aromatic ring is 1. The van der Waals surface area contributed by atoms with Gasteiger partial charge < -0.3 is 20.7 Å². The Morgan fingerprint density at radius 2 is 2.10 bits per heavy atom. The molecule has 1 amide bonds. The van der Waals surface area contributed by atoms with Crippen molar-refractivity contribution < 1.29 is 9.53 Å². The lowest BCUT2D eigenvalue weighted by Crippen LogP contribution is -2.39. The maximum absolute atomic E-state index is 12.1. The van der Waals surface area contributed by atoms with Crippen molar-refractivity contribution in [1.29, 1.82) is 0 Å². The number of nitrogens with zero attached hydrogens (tertiary/aromatic N) is 3. The molecule has 0 saturated carbocycles. The van der Waals surface area contributed by atoms with E-state index in [0.717, 1.165) is 25.9 Å². The summed E-state index contributed by atoms with van der Waals surface area (Å²) in [5.74, 6) is 0.845. The number of piperidine rings is 1. The molecule has 0 atom stereocenters. The van der Waals surface area contributed by atoms with Crippen LogP contribution in [0.1, 0.15) is 33.1 Å². The number of anilines is 2. The number of aromatic nitrogens is 2. The molecule has 1 saturated heterocycles. The standard InChI is InChI=1S/C14H23N5O2/c1-10(2)21-14-12(15)13(17-9-18-14)16-8-11(20)19-6-4-3-5-7-19/h9-10H,3-8,15H2,1-2H3,(H,16,17,18). The molecule has 1 aliphatic rings. The number of hydrogen-bond donors (Lipinski definition) is 2. The predicted octanol–water partition coefficient (Wildman–Crippen LogP) is 1.27. The molecule has 7 nitrogen and oxygen atoms in total. The normalized spacial score (nSPS) is 15.1. The molecule has 0 aliphatic carbocycles. The van der Waals surface area contributed by atoms with Crippen molar-refractivity contribution in [2.24, 2.45) is 0 Å². The van der Waals surface area contributed by atoms with Crippen LogP contribution >= 0.6 is 0 Å². The van der Waals surface area contributed by atoms with Gasteiger partial charge in [-0.2, -0.15) is 4.98 Å². The SMILES string of the molecule is CC(C)Oc1ncnc(NCC(=O)N2CCCCC2)c1N. The van der Waals surface area contributed by atoms with E-state index in [1.165, 1.54) is 12.7 Å². The number of nitrogens with two attached hydrogens (primary N) is 1. The van der Waals surface area contributed by atoms with Gasteiger partial charge in [-0.3, -0.25) is 4.79 Å². The van der Waals surface area contributed by atoms with Crippen LogP contribution in [0, 0.1) is 0 Å². The Morgan fingerprint density at radius 1 is 1.38 bits per heavy atom. The van der Waals surface area contributed by atoms with Gasteiger partial charge in [0, 0.05) is 13.1 Å². The molecule has 1 fully saturated rings. The lowest BCUT2D eigenvalue weighted by molar-refractivity contribution is -0.130. The van der Waals surface area contributed by atoms with Gasteiger partial charge in [0.1, 0.15) is 12.0 Å². The van der Waals surface area contributed by atoms with Crippen LogP contribution in [0.15, 0.2) is 6.33 Å². The molecule has 1 aromatic rings. The summed E-state index contributed by atoms with van der Waals surface area (Å²) in [4.78, 5) is 22.0. The first-order valence-electron chi connectivity index (χ1n) is 7.36. The van der Waals surface area contributed by atoms with E-state index < -0.39 is 0 Å². The number of nitrogens with one attached hydrogen (secondary N) is 1. The third kappa shape index (κ3) is 4.21. The first-order valence-corrected chi connectivity index (χ1v) is 7.36. The molecule has 21 heavy (non-hydrogen) atoms. The molecule has 1 aromatic heterocycles. The van der Waals surface area contributed by atoms with Crippen molar-refractivity contribution in [3.63, 3.8) is 0 Å². The largest absolute Gasteiger partial charge is 0.473 e. The molecular weight excluding hydrogens is 270 g/mol. The molecule has 0 radical (unpaired) electrons. The summed E-state index contributed by atoms with van der Waals surface area (Å²) < 4.78 is 5.50. The number of carbonyl (C=O) groups is 1. The summed E-state index contributed by atoms with van der Waals surface area (Å²) >= 11 is 0. The maximum atomic E-state index is 12.1. The summed E-state index contributed by atoms with van der Waals surface area (Å²) in [5, 5.41) is 2.98. The second-order valence-corrected chi connectivity index (χ2v) is 5.40. The summed E-state index contributed by atoms with van der Waals surface area (Å²) in [5.41, 5.74) is 6.29. The van der Waals surface area contributed by atoms with Crippen LogP contribution in [-0.2, 0) is 4.79 Å². The smallest absolute Gasteiger partial charge is 0.242 e. The monoisotopic (exact) mass is 293 g/mol. The molecule has 0 bridgehead atoms. The molecule has 1 aliphatic heterocycles. The lowest BCUT2D eigenvalue weighted by atomic mass is 10.1. The van der Waals surface area contributed by atoms with Gasteiger partial charge in [0.05, 0.1) is 12.6 Å². The molecule has 7 heteroatoms. The van der Waals surface area contributed by atoms with Crippen LogP contribution in [0.5, 0.6) is 5.88 Å². The van der Waals surface area contributed by atoms with Gasteiger partial charge in [0.25, 0.3) is 0 Å². The zero-order valence-electron chi connectivity index (χ0n) is 12.6. The number of carbonyl (C=O) groups excluding carboxylic acids is 1. The third-order valence-electron chi connectivity index (χ3n) is 3.31. The van der Waals surface area contributed by atoms with E-state index >= 15 is 0 Å². The van der Waals surface area contributed by atoms with Crippen molar-refractivity contribution >= 4 is 17.4 Å². The van der Waals surface area contributed by atoms with Crippen LogP contribution in [0.2, 0.25) is 0 Å². The number of rotatable bonds is 5. The first kappa shape index (κ1) is 15.3. The molecule has 2 rings (SSSR count). The molecular formula is C14H23N5O2. The van der Waals surface area contributed by atoms with Crippen molar-refractivity contribution in [1.82, 2.24) is 14.9 Å². The summed E-state index contributed by atoms with van der Waals surface area (Å²) in [6.07, 6.45) is 4.71. The molecule has 3 N–H and O–H groups in total. The van der Waals surface area contributed by atoms with Gasteiger partial charge in [-0.1, -0.05) is 0 Å². The van der Waals surface area contributed by atoms with E-state index in [0.29, 0.717) is 17.4 Å². The maximum Gasteiger partial charge on any atom is 0.242 e. The van der Waals surface area contributed by atoms with E-state index in [9.17, 15) is 4.79 Å². The minimum atomic E-state index is -0.0231. The zero-order valence-corrected chi connectivity index (χ0v) is 12.6. The summed E-state index contributed by atoms with van der Waals surface area (Å²) in [6.45, 7) is 5.65. The van der Waals surface area contributed by atoms with Crippen LogP contribution in [0.25, 0.3) is 0 Å². The highest BCUT2D eigenvalue weighted by molar-refractivity contribution is 5.82. The highest BCUT2D eigenvalue weighted by Gasteiger charge is 2.17. The van der Waals surface area contributed by atoms with Gasteiger partial charge in [-0.15, -0.1) is 0 Å². The molecule has 0 unspecified atom stereocenters. The summed E-state index contributed by atoms with van der Waals surface area (Å²) in [7, 11) is 0. The van der Waals surface area contributed by atoms with Gasteiger partial charge in [0.2, 0.25) is 11.8 Å².